The van der Waals surface area contributed by atoms with Crippen LogP contribution in [0, 0.1) is 17.3 Å². The highest BCUT2D eigenvalue weighted by atomic mass is 19.1. The van der Waals surface area contributed by atoms with E-state index in [1.807, 2.05) is 0 Å². The van der Waals surface area contributed by atoms with Crippen LogP contribution >= 0.6 is 0 Å². The lowest BCUT2D eigenvalue weighted by molar-refractivity contribution is -0.102. The topological polar surface area (TPSA) is 26.0 Å². The Bertz CT molecular complexity index is 247. The highest BCUT2D eigenvalue weighted by molar-refractivity contribution is 5.11. The van der Waals surface area contributed by atoms with E-state index in [0.717, 1.165) is 43.9 Å². The van der Waals surface area contributed by atoms with Crippen LogP contribution in [-0.2, 0) is 0 Å². The fourth-order valence-corrected chi connectivity index (χ4v) is 4.87. The number of hydrogen-bond acceptors (Lipinski definition) is 1. The first-order chi connectivity index (χ1) is 6.51. The second-order valence-electron chi connectivity index (χ2n) is 6.30. The maximum absolute atomic E-state index is 13.8. The van der Waals surface area contributed by atoms with Crippen LogP contribution in [-0.4, -0.2) is 11.7 Å². The zero-order chi connectivity index (χ0) is 9.97. The minimum atomic E-state index is -0.656. The van der Waals surface area contributed by atoms with Gasteiger partial charge in [-0.25, -0.2) is 4.39 Å². The normalized spacial score (nSPS) is 57.6. The molecule has 3 unspecified atom stereocenters. The molecule has 2 N–H and O–H groups in total. The summed E-state index contributed by atoms with van der Waals surface area (Å²) in [7, 11) is 0. The predicted octanol–water partition coefficient (Wildman–Crippen LogP) is 2.64. The van der Waals surface area contributed by atoms with Gasteiger partial charge in [-0.05, 0) is 57.3 Å². The summed E-state index contributed by atoms with van der Waals surface area (Å²) in [6, 6.07) is 0. The molecule has 0 spiro atoms. The van der Waals surface area contributed by atoms with Gasteiger partial charge in [0, 0.05) is 11.0 Å². The van der Waals surface area contributed by atoms with Crippen LogP contribution in [0.25, 0.3) is 0 Å². The van der Waals surface area contributed by atoms with Gasteiger partial charge in [-0.3, -0.25) is 0 Å². The molecular formula is C12H20FN. The fourth-order valence-electron chi connectivity index (χ4n) is 4.87. The second kappa shape index (κ2) is 2.52. The van der Waals surface area contributed by atoms with E-state index in [4.69, 9.17) is 5.73 Å². The van der Waals surface area contributed by atoms with Gasteiger partial charge in [0.1, 0.15) is 6.17 Å². The van der Waals surface area contributed by atoms with Crippen molar-refractivity contribution in [2.24, 2.45) is 23.0 Å². The third-order valence-corrected chi connectivity index (χ3v) is 5.00. The standard InChI is InChI=1S/C12H20FN/c1-8(13)11-3-9-2-10(4-11)6-12(14,5-9)7-11/h8-10H,2-7,14H2,1H3. The summed E-state index contributed by atoms with van der Waals surface area (Å²) in [6.45, 7) is 1.75. The predicted molar refractivity (Wildman–Crippen MR) is 54.6 cm³/mol. The van der Waals surface area contributed by atoms with Gasteiger partial charge in [0.25, 0.3) is 0 Å². The maximum Gasteiger partial charge on any atom is 0.103 e. The Hall–Kier alpha value is -0.110. The van der Waals surface area contributed by atoms with Crippen LogP contribution < -0.4 is 5.73 Å². The number of nitrogens with two attached hydrogens (primary N) is 1. The van der Waals surface area contributed by atoms with E-state index in [-0.39, 0.29) is 11.0 Å². The lowest BCUT2D eigenvalue weighted by Gasteiger charge is -2.61. The largest absolute Gasteiger partial charge is 0.325 e. The molecule has 0 saturated heterocycles. The van der Waals surface area contributed by atoms with E-state index in [2.05, 4.69) is 0 Å². The third-order valence-electron chi connectivity index (χ3n) is 5.00. The Morgan fingerprint density at radius 1 is 1.21 bits per heavy atom. The van der Waals surface area contributed by atoms with Crippen molar-refractivity contribution in [1.82, 2.24) is 0 Å². The smallest absolute Gasteiger partial charge is 0.103 e. The summed E-state index contributed by atoms with van der Waals surface area (Å²) in [5.41, 5.74) is 6.35. The van der Waals surface area contributed by atoms with E-state index in [1.165, 1.54) is 6.42 Å². The van der Waals surface area contributed by atoms with Gasteiger partial charge in [-0.1, -0.05) is 0 Å². The molecule has 14 heavy (non-hydrogen) atoms. The number of halogens is 1. The van der Waals surface area contributed by atoms with Gasteiger partial charge in [0.15, 0.2) is 0 Å². The summed E-state index contributed by atoms with van der Waals surface area (Å²) in [6.07, 6.45) is 6.17. The molecule has 0 aromatic rings. The van der Waals surface area contributed by atoms with Crippen LogP contribution in [0.4, 0.5) is 4.39 Å². The molecule has 4 aliphatic carbocycles. The van der Waals surface area contributed by atoms with Crippen LogP contribution in [0.2, 0.25) is 0 Å². The molecule has 4 aliphatic rings. The van der Waals surface area contributed by atoms with Crippen molar-refractivity contribution in [2.45, 2.75) is 57.2 Å². The quantitative estimate of drug-likeness (QED) is 0.687. The first-order valence-corrected chi connectivity index (χ1v) is 5.94. The molecule has 0 heterocycles. The molecule has 80 valence electrons. The summed E-state index contributed by atoms with van der Waals surface area (Å²) >= 11 is 0. The van der Waals surface area contributed by atoms with Crippen molar-refractivity contribution >= 4 is 0 Å². The molecule has 0 aromatic heterocycles. The van der Waals surface area contributed by atoms with E-state index in [1.54, 1.807) is 6.92 Å². The van der Waals surface area contributed by atoms with Crippen molar-refractivity contribution in [2.75, 3.05) is 0 Å². The molecule has 0 amide bonds. The SMILES string of the molecule is CC(F)C12CC3CC(CC(N)(C3)C1)C2. The molecule has 4 saturated carbocycles. The van der Waals surface area contributed by atoms with Crippen LogP contribution in [0.5, 0.6) is 0 Å². The Labute approximate surface area is 85.2 Å². The summed E-state index contributed by atoms with van der Waals surface area (Å²) < 4.78 is 13.8. The van der Waals surface area contributed by atoms with Crippen LogP contribution in [0.15, 0.2) is 0 Å². The lowest BCUT2D eigenvalue weighted by atomic mass is 9.46. The molecule has 4 bridgehead atoms. The van der Waals surface area contributed by atoms with Gasteiger partial charge in [-0.2, -0.15) is 0 Å². The molecule has 1 nitrogen and oxygen atoms in total. The van der Waals surface area contributed by atoms with Gasteiger partial charge in [0.2, 0.25) is 0 Å². The molecule has 0 aliphatic heterocycles. The summed E-state index contributed by atoms with van der Waals surface area (Å²) in [5, 5.41) is 0. The molecule has 2 heteroatoms. The maximum atomic E-state index is 13.8. The Morgan fingerprint density at radius 2 is 1.79 bits per heavy atom. The van der Waals surface area contributed by atoms with E-state index < -0.39 is 6.17 Å². The number of alkyl halides is 1. The molecule has 0 aromatic carbocycles. The minimum Gasteiger partial charge on any atom is -0.325 e. The Kier molecular flexibility index (Phi) is 1.65. The van der Waals surface area contributed by atoms with Crippen LogP contribution in [0.1, 0.15) is 45.4 Å². The Balaban J connectivity index is 1.96. The number of hydrogen-bond donors (Lipinski definition) is 1. The molecule has 0 radical (unpaired) electrons. The van der Waals surface area contributed by atoms with Crippen molar-refractivity contribution in [3.63, 3.8) is 0 Å². The van der Waals surface area contributed by atoms with Gasteiger partial charge in [0.05, 0.1) is 0 Å². The van der Waals surface area contributed by atoms with Crippen molar-refractivity contribution in [1.29, 1.82) is 0 Å². The average molecular weight is 197 g/mol. The van der Waals surface area contributed by atoms with Crippen LogP contribution in [0.3, 0.4) is 0 Å². The average Bonchev–Trinajstić information content (AvgIpc) is 1.98. The van der Waals surface area contributed by atoms with Gasteiger partial charge >= 0.3 is 0 Å². The second-order valence-corrected chi connectivity index (χ2v) is 6.30. The minimum absolute atomic E-state index is 0.00440. The summed E-state index contributed by atoms with van der Waals surface area (Å²) in [4.78, 5) is 0. The van der Waals surface area contributed by atoms with E-state index in [0.29, 0.717) is 0 Å². The zero-order valence-corrected chi connectivity index (χ0v) is 8.93. The molecule has 4 fully saturated rings. The van der Waals surface area contributed by atoms with Crippen molar-refractivity contribution in [3.05, 3.63) is 0 Å². The highest BCUT2D eigenvalue weighted by Crippen LogP contribution is 2.62. The molecule has 4 rings (SSSR count). The van der Waals surface area contributed by atoms with Crippen molar-refractivity contribution < 1.29 is 4.39 Å². The fraction of sp³-hybridized carbons (Fsp3) is 1.00. The highest BCUT2D eigenvalue weighted by Gasteiger charge is 2.58. The zero-order valence-electron chi connectivity index (χ0n) is 8.93. The van der Waals surface area contributed by atoms with Crippen molar-refractivity contribution in [3.8, 4) is 0 Å². The first-order valence-electron chi connectivity index (χ1n) is 5.94. The Morgan fingerprint density at radius 3 is 2.21 bits per heavy atom. The molecule has 3 atom stereocenters. The van der Waals surface area contributed by atoms with E-state index in [9.17, 15) is 4.39 Å². The lowest BCUT2D eigenvalue weighted by Crippen LogP contribution is -2.62. The van der Waals surface area contributed by atoms with E-state index >= 15 is 0 Å². The third kappa shape index (κ3) is 1.09. The monoisotopic (exact) mass is 197 g/mol. The first kappa shape index (κ1) is 9.14. The number of rotatable bonds is 1. The molecular weight excluding hydrogens is 177 g/mol. The van der Waals surface area contributed by atoms with Gasteiger partial charge < -0.3 is 5.73 Å². The summed E-state index contributed by atoms with van der Waals surface area (Å²) in [5.74, 6) is 1.47. The van der Waals surface area contributed by atoms with Gasteiger partial charge in [-0.15, -0.1) is 0 Å².